The number of nitrogens with one attached hydrogen (secondary N) is 2. The van der Waals surface area contributed by atoms with Gasteiger partial charge in [0.15, 0.2) is 0 Å². The minimum Gasteiger partial charge on any atom is -0.457 e. The first-order valence-electron chi connectivity index (χ1n) is 28.9. The molecule has 2 saturated heterocycles. The summed E-state index contributed by atoms with van der Waals surface area (Å²) in [6.45, 7) is 8.51. The first-order chi connectivity index (χ1) is 42.1. The van der Waals surface area contributed by atoms with Gasteiger partial charge < -0.3 is 63.7 Å². The number of nitro groups is 1. The number of sulfonamides is 2. The Morgan fingerprint density at radius 3 is 1.32 bits per heavy atom. The number of rotatable bonds is 35. The van der Waals surface area contributed by atoms with Crippen LogP contribution in [0.2, 0.25) is 0 Å². The zero-order valence-electron chi connectivity index (χ0n) is 50.6. The highest BCUT2D eigenvalue weighted by Gasteiger charge is 2.38. The number of hydrogen-bond donors (Lipinski definition) is 3. The number of methoxy groups -OCH3 is 2. The molecule has 6 atom stereocenters. The number of hydrogen-bond acceptors (Lipinski definition) is 21. The molecule has 2 aliphatic heterocycles. The second-order valence-electron chi connectivity index (χ2n) is 21.6. The van der Waals surface area contributed by atoms with Crippen molar-refractivity contribution in [2.45, 2.75) is 99.7 Å². The maximum absolute atomic E-state index is 13.9. The molecule has 486 valence electrons. The lowest BCUT2D eigenvalue weighted by atomic mass is 10.0. The molecule has 0 aromatic heterocycles. The molecule has 6 rings (SSSR count). The average molecular weight is 1270 g/mol. The lowest BCUT2D eigenvalue weighted by molar-refractivity contribution is -0.384. The number of alkyl carbamates (subject to hydrolysis) is 2. The minimum atomic E-state index is -4.24. The van der Waals surface area contributed by atoms with Crippen LogP contribution in [0.1, 0.15) is 51.7 Å². The molecule has 0 spiro atoms. The SMILES string of the molecule is COCCOCC(=O)O[C@H](CN(CC(C)C)S(=O)(=O)c1ccc(N)cc1)[C@H](Cc1ccccc1)NC(=O)O[C@H]1CCOC1.COCCOCC(=O)O[C@H](CN(CC(C)C)S(=O)(=O)c1ccc([N+](=O)[O-])cc1)[C@H](Cc1ccccc1)NC(=O)O[C@H]1CCOC1. The fourth-order valence-corrected chi connectivity index (χ4v) is 12.3. The van der Waals surface area contributed by atoms with Crippen molar-refractivity contribution in [3.05, 3.63) is 130 Å². The maximum Gasteiger partial charge on any atom is 0.407 e. The van der Waals surface area contributed by atoms with Crippen molar-refractivity contribution in [3.63, 3.8) is 0 Å². The first kappa shape index (κ1) is 71.9. The summed E-state index contributed by atoms with van der Waals surface area (Å²) in [6.07, 6.45) is -3.13. The molecule has 2 amide bonds. The summed E-state index contributed by atoms with van der Waals surface area (Å²) < 4.78 is 112. The Morgan fingerprint density at radius 1 is 0.591 bits per heavy atom. The summed E-state index contributed by atoms with van der Waals surface area (Å²) in [5.41, 5.74) is 7.59. The number of ether oxygens (including phenoxy) is 10. The topological polar surface area (TPSA) is 329 Å². The number of amides is 2. The Hall–Kier alpha value is -6.86. The van der Waals surface area contributed by atoms with Gasteiger partial charge in [-0.25, -0.2) is 36.0 Å². The monoisotopic (exact) mass is 1270 g/mol. The number of nitro benzene ring substituents is 1. The molecular formula is C60H84N6O20S2. The van der Waals surface area contributed by atoms with E-state index in [1.54, 1.807) is 0 Å². The Labute approximate surface area is 515 Å². The van der Waals surface area contributed by atoms with Crippen LogP contribution >= 0.6 is 0 Å². The Bertz CT molecular complexity index is 2970. The number of non-ortho nitro benzene ring substituents is 1. The van der Waals surface area contributed by atoms with Crippen molar-refractivity contribution in [3.8, 4) is 0 Å². The van der Waals surface area contributed by atoms with E-state index in [0.717, 1.165) is 39.7 Å². The second-order valence-corrected chi connectivity index (χ2v) is 25.4. The van der Waals surface area contributed by atoms with E-state index in [-0.39, 0.29) is 113 Å². The molecule has 0 radical (unpaired) electrons. The zero-order valence-corrected chi connectivity index (χ0v) is 52.3. The maximum atomic E-state index is 13.9. The largest absolute Gasteiger partial charge is 0.457 e. The minimum absolute atomic E-state index is 0.0274. The van der Waals surface area contributed by atoms with E-state index >= 15 is 0 Å². The predicted molar refractivity (Wildman–Crippen MR) is 322 cm³/mol. The summed E-state index contributed by atoms with van der Waals surface area (Å²) in [4.78, 5) is 62.4. The molecule has 0 aliphatic carbocycles. The first-order valence-corrected chi connectivity index (χ1v) is 31.8. The smallest absolute Gasteiger partial charge is 0.407 e. The Morgan fingerprint density at radius 2 is 0.977 bits per heavy atom. The quantitative estimate of drug-likeness (QED) is 0.0127. The number of carbonyl (C=O) groups is 4. The van der Waals surface area contributed by atoms with Crippen molar-refractivity contribution in [2.75, 3.05) is 112 Å². The molecule has 2 fully saturated rings. The van der Waals surface area contributed by atoms with Crippen molar-refractivity contribution in [2.24, 2.45) is 11.8 Å². The molecule has 28 heteroatoms. The highest BCUT2D eigenvalue weighted by Crippen LogP contribution is 2.25. The van der Waals surface area contributed by atoms with Crippen LogP contribution in [0.3, 0.4) is 0 Å². The fraction of sp³-hybridized carbons (Fsp3) is 0.533. The van der Waals surface area contributed by atoms with E-state index in [0.29, 0.717) is 31.7 Å². The summed E-state index contributed by atoms with van der Waals surface area (Å²) in [5, 5.41) is 16.8. The van der Waals surface area contributed by atoms with Gasteiger partial charge in [-0.15, -0.1) is 0 Å². The summed E-state index contributed by atoms with van der Waals surface area (Å²) in [6, 6.07) is 27.1. The lowest BCUT2D eigenvalue weighted by Crippen LogP contribution is -2.53. The number of nitrogen functional groups attached to an aromatic ring is 1. The van der Waals surface area contributed by atoms with E-state index in [9.17, 15) is 46.1 Å². The summed E-state index contributed by atoms with van der Waals surface area (Å²) >= 11 is 0. The van der Waals surface area contributed by atoms with Gasteiger partial charge in [-0.05, 0) is 72.2 Å². The molecule has 2 aliphatic rings. The number of nitrogens with two attached hydrogens (primary N) is 1. The second kappa shape index (κ2) is 37.2. The van der Waals surface area contributed by atoms with Gasteiger partial charge in [0.1, 0.15) is 37.6 Å². The van der Waals surface area contributed by atoms with Gasteiger partial charge in [0.05, 0.1) is 92.7 Å². The van der Waals surface area contributed by atoms with Gasteiger partial charge in [0, 0.05) is 58.0 Å². The molecule has 0 unspecified atom stereocenters. The van der Waals surface area contributed by atoms with Crippen LogP contribution in [-0.4, -0.2) is 197 Å². The summed E-state index contributed by atoms with van der Waals surface area (Å²) in [7, 11) is -5.28. The third-order valence-corrected chi connectivity index (χ3v) is 17.1. The van der Waals surface area contributed by atoms with Gasteiger partial charge in [-0.1, -0.05) is 88.4 Å². The van der Waals surface area contributed by atoms with Crippen LogP contribution in [0.5, 0.6) is 0 Å². The van der Waals surface area contributed by atoms with Gasteiger partial charge in [-0.3, -0.25) is 10.1 Å². The number of carbonyl (C=O) groups excluding carboxylic acids is 4. The van der Waals surface area contributed by atoms with Gasteiger partial charge in [0.2, 0.25) is 20.0 Å². The molecule has 88 heavy (non-hydrogen) atoms. The van der Waals surface area contributed by atoms with Crippen LogP contribution in [0.4, 0.5) is 21.0 Å². The van der Waals surface area contributed by atoms with Crippen molar-refractivity contribution in [1.29, 1.82) is 0 Å². The van der Waals surface area contributed by atoms with E-state index < -0.39 is 92.2 Å². The molecule has 26 nitrogen and oxygen atoms in total. The van der Waals surface area contributed by atoms with Gasteiger partial charge in [-0.2, -0.15) is 8.61 Å². The van der Waals surface area contributed by atoms with Crippen molar-refractivity contribution >= 4 is 55.5 Å². The Kier molecular flexibility index (Phi) is 30.4. The fourth-order valence-electron chi connectivity index (χ4n) is 9.10. The molecule has 4 N–H and O–H groups in total. The van der Waals surface area contributed by atoms with E-state index in [2.05, 4.69) is 10.6 Å². The number of anilines is 1. The van der Waals surface area contributed by atoms with Crippen LogP contribution in [0.25, 0.3) is 0 Å². The molecular weight excluding hydrogens is 1190 g/mol. The van der Waals surface area contributed by atoms with Crippen LogP contribution < -0.4 is 16.4 Å². The van der Waals surface area contributed by atoms with Gasteiger partial charge >= 0.3 is 24.1 Å². The van der Waals surface area contributed by atoms with E-state index in [1.807, 2.05) is 88.4 Å². The molecule has 0 bridgehead atoms. The standard InChI is InChI=1S/C30H41N3O11S.C30H43N3O9S/c1-22(2)18-32(45(38,39)26-11-9-24(10-12-26)33(36)37)19-28(44-29(34)21-42-16-15-40-3)27(17-23-7-5-4-6-8-23)31-30(35)43-25-13-14-41-20-25;1-22(2)18-33(43(36,37)26-11-9-24(31)10-12-26)19-28(42-29(34)21-40-16-15-38-3)27(17-23-7-5-4-6-8-23)32-30(35)41-25-13-14-39-20-25/h4-12,22,25,27-28H,13-21H2,1-3H3,(H,31,35);4-12,22,25,27-28H,13-21,31H2,1-3H3,(H,32,35)/t2*25-,27-,28+/m00/s1. The third-order valence-electron chi connectivity index (χ3n) is 13.4. The van der Waals surface area contributed by atoms with E-state index in [4.69, 9.17) is 53.1 Å². The van der Waals surface area contributed by atoms with E-state index in [1.165, 1.54) is 42.8 Å². The van der Waals surface area contributed by atoms with Crippen molar-refractivity contribution in [1.82, 2.24) is 19.2 Å². The van der Waals surface area contributed by atoms with Gasteiger partial charge in [0.25, 0.3) is 5.69 Å². The van der Waals surface area contributed by atoms with Crippen LogP contribution in [0, 0.1) is 22.0 Å². The lowest BCUT2D eigenvalue weighted by Gasteiger charge is -2.33. The highest BCUT2D eigenvalue weighted by molar-refractivity contribution is 7.89. The van der Waals surface area contributed by atoms with Crippen LogP contribution in [0.15, 0.2) is 119 Å². The number of benzene rings is 4. The normalized spacial score (nSPS) is 16.5. The average Bonchev–Trinajstić information content (AvgIpc) is 2.77. The third kappa shape index (κ3) is 25.0. The zero-order chi connectivity index (χ0) is 64.1. The Balaban J connectivity index is 0.000000321. The highest BCUT2D eigenvalue weighted by atomic mass is 32.2. The summed E-state index contributed by atoms with van der Waals surface area (Å²) in [5.74, 6) is -1.71. The number of nitrogens with zero attached hydrogens (tertiary/aromatic N) is 3. The molecule has 4 aromatic rings. The van der Waals surface area contributed by atoms with Crippen molar-refractivity contribution < 1.29 is 88.3 Å². The van der Waals surface area contributed by atoms with Crippen LogP contribution in [-0.2, 0) is 89.8 Å². The predicted octanol–water partition coefficient (Wildman–Crippen LogP) is 5.56. The number of esters is 2. The molecule has 4 aromatic carbocycles. The molecule has 0 saturated carbocycles. The molecule has 2 heterocycles.